The van der Waals surface area contributed by atoms with Crippen molar-refractivity contribution in [3.05, 3.63) is 0 Å². The highest BCUT2D eigenvalue weighted by Crippen LogP contribution is 2.34. The summed E-state index contributed by atoms with van der Waals surface area (Å²) in [5.41, 5.74) is 0. The van der Waals surface area contributed by atoms with Crippen molar-refractivity contribution in [2.45, 2.75) is 188 Å². The summed E-state index contributed by atoms with van der Waals surface area (Å²) in [6.07, 6.45) is -34.8. The number of carbonyl (C=O) groups is 5. The van der Waals surface area contributed by atoms with Gasteiger partial charge < -0.3 is 130 Å². The third-order valence-electron chi connectivity index (χ3n) is 12.3. The van der Waals surface area contributed by atoms with Crippen LogP contribution in [0.3, 0.4) is 0 Å². The molecule has 5 heterocycles. The Hall–Kier alpha value is -3.49. The molecule has 17 N–H and O–H groups in total. The van der Waals surface area contributed by atoms with Crippen molar-refractivity contribution in [2.24, 2.45) is 0 Å². The molecule has 0 aromatic carbocycles. The highest BCUT2D eigenvalue weighted by molar-refractivity contribution is 5.75. The van der Waals surface area contributed by atoms with E-state index in [-0.39, 0.29) is 0 Å². The monoisotopic (exact) mass is 1030 g/mol. The van der Waals surface area contributed by atoms with Crippen LogP contribution in [0.1, 0.15) is 34.6 Å². The van der Waals surface area contributed by atoms with E-state index >= 15 is 0 Å². The molecule has 5 fully saturated rings. The summed E-state index contributed by atoms with van der Waals surface area (Å²) < 4.78 is 52.6. The Balaban J connectivity index is 1.38. The summed E-state index contributed by atoms with van der Waals surface area (Å²) in [7, 11) is 0. The van der Waals surface area contributed by atoms with E-state index in [0.29, 0.717) is 0 Å². The van der Waals surface area contributed by atoms with Crippen molar-refractivity contribution in [2.75, 3.05) is 33.0 Å². The first-order chi connectivity index (χ1) is 33.5. The highest BCUT2D eigenvalue weighted by atomic mass is 16.8. The Labute approximate surface area is 404 Å². The molecule has 71 heavy (non-hydrogen) atoms. The second-order valence-corrected chi connectivity index (χ2v) is 17.7. The van der Waals surface area contributed by atoms with Gasteiger partial charge in [-0.15, -0.1) is 0 Å². The first-order valence-electron chi connectivity index (χ1n) is 22.5. The van der Waals surface area contributed by atoms with Gasteiger partial charge in [-0.25, -0.2) is 0 Å². The van der Waals surface area contributed by atoms with Crippen molar-refractivity contribution >= 4 is 29.5 Å². The topological polar surface area (TPSA) is 471 Å². The van der Waals surface area contributed by atoms with Crippen LogP contribution in [0.5, 0.6) is 0 Å². The van der Waals surface area contributed by atoms with Gasteiger partial charge in [0.15, 0.2) is 31.5 Å². The third kappa shape index (κ3) is 13.8. The van der Waals surface area contributed by atoms with Crippen LogP contribution in [0.4, 0.5) is 0 Å². The van der Waals surface area contributed by atoms with Gasteiger partial charge in [0.2, 0.25) is 29.5 Å². The van der Waals surface area contributed by atoms with Gasteiger partial charge in [-0.05, 0) is 0 Å². The van der Waals surface area contributed by atoms with Crippen molar-refractivity contribution in [1.82, 2.24) is 26.6 Å². The maximum Gasteiger partial charge on any atom is 0.217 e. The van der Waals surface area contributed by atoms with E-state index in [1.54, 1.807) is 0 Å². The van der Waals surface area contributed by atoms with Crippen molar-refractivity contribution < 1.29 is 128 Å². The Morgan fingerprint density at radius 1 is 0.366 bits per heavy atom. The quantitative estimate of drug-likeness (QED) is 0.0606. The number of ether oxygens (including phenoxy) is 9. The van der Waals surface area contributed by atoms with Crippen LogP contribution in [0.25, 0.3) is 0 Å². The zero-order valence-electron chi connectivity index (χ0n) is 39.1. The average Bonchev–Trinajstić information content (AvgIpc) is 3.30. The van der Waals surface area contributed by atoms with Crippen molar-refractivity contribution in [3.63, 3.8) is 0 Å². The lowest BCUT2D eigenvalue weighted by Gasteiger charge is -2.50. The molecule has 0 bridgehead atoms. The molecule has 5 amide bonds. The summed E-state index contributed by atoms with van der Waals surface area (Å²) in [4.78, 5) is 61.5. The molecule has 0 spiro atoms. The number of carbonyl (C=O) groups excluding carboxylic acids is 5. The number of amides is 5. The molecular weight excluding hydrogens is 966 g/mol. The van der Waals surface area contributed by atoms with Gasteiger partial charge in [-0.2, -0.15) is 0 Å². The molecule has 0 radical (unpaired) electrons. The number of rotatable bonds is 18. The zero-order valence-corrected chi connectivity index (χ0v) is 39.1. The number of hydrogen-bond donors (Lipinski definition) is 17. The average molecular weight is 1030 g/mol. The Morgan fingerprint density at radius 2 is 0.676 bits per heavy atom. The summed E-state index contributed by atoms with van der Waals surface area (Å²) in [5.74, 6) is -3.74. The lowest BCUT2D eigenvalue weighted by Crippen LogP contribution is -2.71. The Kier molecular flexibility index (Phi) is 21.1. The van der Waals surface area contributed by atoms with Crippen LogP contribution in [-0.2, 0) is 66.6 Å². The van der Waals surface area contributed by atoms with Gasteiger partial charge in [0.1, 0.15) is 122 Å². The number of aliphatic hydroxyl groups is 12. The second kappa shape index (κ2) is 25.6. The molecule has 408 valence electrons. The van der Waals surface area contributed by atoms with Gasteiger partial charge in [0, 0.05) is 34.6 Å². The predicted octanol–water partition coefficient (Wildman–Crippen LogP) is -11.2. The van der Waals surface area contributed by atoms with Crippen LogP contribution >= 0.6 is 0 Å². The molecule has 4 unspecified atom stereocenters. The van der Waals surface area contributed by atoms with Crippen LogP contribution in [0.15, 0.2) is 0 Å². The van der Waals surface area contributed by atoms with E-state index in [1.807, 2.05) is 0 Å². The van der Waals surface area contributed by atoms with Crippen molar-refractivity contribution in [1.29, 1.82) is 0 Å². The molecule has 31 heteroatoms. The molecule has 0 aromatic heterocycles. The van der Waals surface area contributed by atoms with Crippen LogP contribution in [0.2, 0.25) is 0 Å². The van der Waals surface area contributed by atoms with E-state index < -0.39 is 216 Å². The van der Waals surface area contributed by atoms with Crippen LogP contribution in [-0.4, -0.2) is 277 Å². The molecule has 5 aliphatic rings. The smallest absolute Gasteiger partial charge is 0.217 e. The van der Waals surface area contributed by atoms with E-state index in [9.17, 15) is 85.3 Å². The first kappa shape index (κ1) is 58.4. The molecule has 0 aliphatic carbocycles. The molecule has 5 aliphatic heterocycles. The largest absolute Gasteiger partial charge is 0.394 e. The molecular formula is C40H67N5O26. The molecule has 25 atom stereocenters. The van der Waals surface area contributed by atoms with E-state index in [0.717, 1.165) is 34.6 Å². The second-order valence-electron chi connectivity index (χ2n) is 17.7. The van der Waals surface area contributed by atoms with Gasteiger partial charge in [-0.3, -0.25) is 24.0 Å². The minimum absolute atomic E-state index is 0.700. The predicted molar refractivity (Wildman–Crippen MR) is 225 cm³/mol. The Morgan fingerprint density at radius 3 is 1.04 bits per heavy atom. The van der Waals surface area contributed by atoms with E-state index in [4.69, 9.17) is 42.6 Å². The Bertz CT molecular complexity index is 1790. The first-order valence-corrected chi connectivity index (χ1v) is 22.5. The van der Waals surface area contributed by atoms with Gasteiger partial charge >= 0.3 is 0 Å². The minimum atomic E-state index is -2.04. The van der Waals surface area contributed by atoms with E-state index in [2.05, 4.69) is 26.6 Å². The van der Waals surface area contributed by atoms with Crippen molar-refractivity contribution in [3.8, 4) is 0 Å². The standard InChI is InChI=1S/C40H67N5O26/c1-11(50)41-21-29(58)26(55)16(6-46)65-38(21)69-33-18(8-48)67-37(23(31(33)60)43-13(3)52)63-10-20-28(57)35(25(36(62)64-20)45-15(5)54)71-40-24(44-14(4)53)32(61)34(19(9-49)68-40)70-39-22(42-12(2)51)30(59)27(56)17(7-47)66-39/h16-40,46-49,55-62H,6-10H2,1-5H3,(H,41,50)(H,42,51)(H,43,52)(H,44,53)(H,45,54)/t16-,17-,18-,19-,20-,21-,22-,23-,24-,25-,26+,27+,28+,29-,30-,31-,32-,33-,34-,35-,36+,37?,38?,39?,40?/m1/s1. The maximum atomic E-state index is 12.6. The molecule has 0 aromatic rings. The van der Waals surface area contributed by atoms with Gasteiger partial charge in [-0.1, -0.05) is 0 Å². The lowest BCUT2D eigenvalue weighted by molar-refractivity contribution is -0.353. The number of aliphatic hydroxyl groups excluding tert-OH is 12. The van der Waals surface area contributed by atoms with Gasteiger partial charge in [0.05, 0.1) is 33.0 Å². The minimum Gasteiger partial charge on any atom is -0.394 e. The SMILES string of the molecule is CC(=O)N[C@@H]1[C@@H](OC2O[C@H](CO)[C@@H](OC3O[C@H](CO)[C@H](O)[C@H](O)[C@H]3NC(C)=O)[C@H](O)[C@H]2NC(C)=O)[C@@H](O)[C@@H](COC2O[C@H](CO)[C@@H](OC3O[C@H](CO)[C@H](O)[C@H](O)[C@H]3NC(C)=O)[C@H](O)[C@H]2NC(C)=O)O[C@@H]1O. The maximum absolute atomic E-state index is 12.6. The lowest BCUT2D eigenvalue weighted by atomic mass is 9.93. The highest BCUT2D eigenvalue weighted by Gasteiger charge is 2.56. The fourth-order valence-electron chi connectivity index (χ4n) is 8.95. The number of nitrogens with one attached hydrogen (secondary N) is 5. The molecule has 5 saturated heterocycles. The van der Waals surface area contributed by atoms with Gasteiger partial charge in [0.25, 0.3) is 0 Å². The molecule has 5 rings (SSSR count). The number of hydrogen-bond acceptors (Lipinski definition) is 26. The summed E-state index contributed by atoms with van der Waals surface area (Å²) in [5, 5.41) is 142. The molecule has 0 saturated carbocycles. The normalized spacial score (nSPS) is 43.9. The van der Waals surface area contributed by atoms with Crippen LogP contribution in [0, 0.1) is 0 Å². The van der Waals surface area contributed by atoms with Crippen LogP contribution < -0.4 is 26.6 Å². The summed E-state index contributed by atoms with van der Waals surface area (Å²) in [6, 6.07) is -7.95. The van der Waals surface area contributed by atoms with E-state index in [1.165, 1.54) is 0 Å². The zero-order chi connectivity index (χ0) is 52.8. The summed E-state index contributed by atoms with van der Waals surface area (Å²) in [6.45, 7) is 0.986. The molecule has 31 nitrogen and oxygen atoms in total. The third-order valence-corrected chi connectivity index (χ3v) is 12.3. The summed E-state index contributed by atoms with van der Waals surface area (Å²) >= 11 is 0. The fraction of sp³-hybridized carbons (Fsp3) is 0.875. The fourth-order valence-corrected chi connectivity index (χ4v) is 8.95.